The molecule has 38 heavy (non-hydrogen) atoms. The molecular weight excluding hydrogens is 458 g/mol. The average Bonchev–Trinajstić information content (AvgIpc) is 3.52. The summed E-state index contributed by atoms with van der Waals surface area (Å²) < 4.78 is 0. The van der Waals surface area contributed by atoms with Gasteiger partial charge in [0.05, 0.1) is 0 Å². The predicted octanol–water partition coefficient (Wildman–Crippen LogP) is 8.94. The molecule has 2 unspecified atom stereocenters. The van der Waals surface area contributed by atoms with Gasteiger partial charge in [0, 0.05) is 12.0 Å². The fourth-order valence-electron chi connectivity index (χ4n) is 6.87. The van der Waals surface area contributed by atoms with Crippen molar-refractivity contribution >= 4 is 21.5 Å². The number of fused-ring (bicyclic) bond motifs is 9. The molecule has 2 atom stereocenters. The first-order valence-electron chi connectivity index (χ1n) is 13.7. The van der Waals surface area contributed by atoms with Crippen LogP contribution < -0.4 is 5.73 Å². The first-order valence-corrected chi connectivity index (χ1v) is 13.7. The number of nitrogens with two attached hydrogens (primary N) is 1. The normalized spacial score (nSPS) is 14.7. The molecule has 0 aromatic heterocycles. The molecule has 0 spiro atoms. The van der Waals surface area contributed by atoms with Crippen LogP contribution in [0.25, 0.3) is 43.8 Å². The number of hydrogen-bond acceptors (Lipinski definition) is 1. The van der Waals surface area contributed by atoms with Crippen molar-refractivity contribution in [3.8, 4) is 22.3 Å². The van der Waals surface area contributed by atoms with Crippen LogP contribution in [0.2, 0.25) is 0 Å². The Morgan fingerprint density at radius 2 is 1.11 bits per heavy atom. The van der Waals surface area contributed by atoms with Crippen molar-refractivity contribution in [2.75, 3.05) is 0 Å². The second-order valence-electron chi connectivity index (χ2n) is 11.2. The van der Waals surface area contributed by atoms with Gasteiger partial charge < -0.3 is 5.73 Å². The summed E-state index contributed by atoms with van der Waals surface area (Å²) in [4.78, 5) is 0. The largest absolute Gasteiger partial charge is 0.323 e. The molecule has 0 amide bonds. The third kappa shape index (κ3) is 3.22. The molecule has 0 aliphatic heterocycles. The van der Waals surface area contributed by atoms with Crippen LogP contribution in [0.15, 0.2) is 109 Å². The highest BCUT2D eigenvalue weighted by atomic mass is 14.6. The number of benzene rings is 6. The van der Waals surface area contributed by atoms with Gasteiger partial charge in [0.2, 0.25) is 0 Å². The predicted molar refractivity (Wildman–Crippen MR) is 160 cm³/mol. The molecule has 182 valence electrons. The third-order valence-corrected chi connectivity index (χ3v) is 9.04. The lowest BCUT2D eigenvalue weighted by Crippen LogP contribution is -2.18. The molecule has 6 aromatic rings. The Morgan fingerprint density at radius 3 is 1.87 bits per heavy atom. The molecule has 1 heteroatoms. The Labute approximate surface area is 223 Å². The molecule has 0 saturated carbocycles. The summed E-state index contributed by atoms with van der Waals surface area (Å²) in [6.45, 7) is 2.26. The maximum Gasteiger partial charge on any atom is 0.0361 e. The second-order valence-corrected chi connectivity index (χ2v) is 11.2. The molecular formula is C37H29N. The van der Waals surface area contributed by atoms with Crippen molar-refractivity contribution in [2.45, 2.75) is 31.7 Å². The second kappa shape index (κ2) is 8.15. The molecule has 2 aliphatic rings. The summed E-state index contributed by atoms with van der Waals surface area (Å²) in [6, 6.07) is 40.6. The Morgan fingerprint density at radius 1 is 0.500 bits per heavy atom. The lowest BCUT2D eigenvalue weighted by Gasteiger charge is -2.22. The molecule has 0 heterocycles. The highest BCUT2D eigenvalue weighted by molar-refractivity contribution is 6.09. The van der Waals surface area contributed by atoms with Crippen molar-refractivity contribution < 1.29 is 0 Å². The van der Waals surface area contributed by atoms with Gasteiger partial charge in [0.15, 0.2) is 0 Å². The minimum atomic E-state index is -0.0521. The minimum Gasteiger partial charge on any atom is -0.323 e. The van der Waals surface area contributed by atoms with Crippen LogP contribution in [0.5, 0.6) is 0 Å². The van der Waals surface area contributed by atoms with Gasteiger partial charge in [-0.1, -0.05) is 104 Å². The van der Waals surface area contributed by atoms with E-state index < -0.39 is 0 Å². The van der Waals surface area contributed by atoms with Gasteiger partial charge in [-0.3, -0.25) is 0 Å². The van der Waals surface area contributed by atoms with E-state index in [0.29, 0.717) is 0 Å². The smallest absolute Gasteiger partial charge is 0.0361 e. The Hall–Kier alpha value is -4.20. The summed E-state index contributed by atoms with van der Waals surface area (Å²) in [7, 11) is 0. The van der Waals surface area contributed by atoms with E-state index in [-0.39, 0.29) is 12.0 Å². The van der Waals surface area contributed by atoms with Crippen molar-refractivity contribution in [1.29, 1.82) is 0 Å². The van der Waals surface area contributed by atoms with Gasteiger partial charge in [-0.25, -0.2) is 0 Å². The molecule has 0 radical (unpaired) electrons. The van der Waals surface area contributed by atoms with Crippen molar-refractivity contribution in [1.82, 2.24) is 0 Å². The summed E-state index contributed by atoms with van der Waals surface area (Å²) in [5.74, 6) is 0.214. The SMILES string of the molecule is CC(c1ccc2c(ccc3cc4c(cc32)Cc2ccccc2-4)c1)C(N)c1ccc2c(c1)Cc1ccccc1-2. The van der Waals surface area contributed by atoms with Crippen molar-refractivity contribution in [3.05, 3.63) is 143 Å². The fourth-order valence-corrected chi connectivity index (χ4v) is 6.87. The Bertz CT molecular complexity index is 1910. The van der Waals surface area contributed by atoms with E-state index in [1.165, 1.54) is 77.2 Å². The van der Waals surface area contributed by atoms with E-state index in [0.717, 1.165) is 12.8 Å². The first-order chi connectivity index (χ1) is 18.6. The van der Waals surface area contributed by atoms with E-state index in [9.17, 15) is 0 Å². The fraction of sp³-hybridized carbons (Fsp3) is 0.135. The van der Waals surface area contributed by atoms with Gasteiger partial charge in [0.25, 0.3) is 0 Å². The maximum absolute atomic E-state index is 6.91. The topological polar surface area (TPSA) is 26.0 Å². The quantitative estimate of drug-likeness (QED) is 0.247. The number of rotatable bonds is 3. The molecule has 2 N–H and O–H groups in total. The van der Waals surface area contributed by atoms with Gasteiger partial charge in [-0.15, -0.1) is 0 Å². The van der Waals surface area contributed by atoms with E-state index in [1.54, 1.807) is 0 Å². The summed E-state index contributed by atoms with van der Waals surface area (Å²) in [6.07, 6.45) is 2.02. The first kappa shape index (κ1) is 21.8. The molecule has 0 saturated heterocycles. The van der Waals surface area contributed by atoms with Gasteiger partial charge in [0.1, 0.15) is 0 Å². The van der Waals surface area contributed by atoms with E-state index in [2.05, 4.69) is 116 Å². The maximum atomic E-state index is 6.91. The lowest BCUT2D eigenvalue weighted by molar-refractivity contribution is 0.598. The monoisotopic (exact) mass is 487 g/mol. The lowest BCUT2D eigenvalue weighted by atomic mass is 9.86. The highest BCUT2D eigenvalue weighted by Gasteiger charge is 2.23. The Kier molecular flexibility index (Phi) is 4.68. The van der Waals surface area contributed by atoms with Gasteiger partial charge >= 0.3 is 0 Å². The zero-order valence-electron chi connectivity index (χ0n) is 21.5. The molecule has 8 rings (SSSR count). The zero-order valence-corrected chi connectivity index (χ0v) is 21.5. The van der Waals surface area contributed by atoms with Crippen molar-refractivity contribution in [2.24, 2.45) is 5.73 Å². The molecule has 1 nitrogen and oxygen atoms in total. The molecule has 0 fully saturated rings. The molecule has 0 bridgehead atoms. The molecule has 2 aliphatic carbocycles. The van der Waals surface area contributed by atoms with Crippen LogP contribution in [-0.4, -0.2) is 0 Å². The average molecular weight is 488 g/mol. The summed E-state index contributed by atoms with van der Waals surface area (Å²) in [5, 5.41) is 5.26. The Balaban J connectivity index is 1.13. The summed E-state index contributed by atoms with van der Waals surface area (Å²) in [5.41, 5.74) is 20.6. The standard InChI is InChI=1S/C37H29N/c1-22(37(38)28-13-15-34-29(19-28)17-24-6-2-4-8-31(24)34)23-12-14-33-26(16-23)10-11-27-20-36-30(21-35(27)33)18-25-7-3-5-9-32(25)36/h2-16,19-22,37H,17-18,38H2,1H3. The van der Waals surface area contributed by atoms with Crippen molar-refractivity contribution in [3.63, 3.8) is 0 Å². The summed E-state index contributed by atoms with van der Waals surface area (Å²) >= 11 is 0. The number of hydrogen-bond donors (Lipinski definition) is 1. The van der Waals surface area contributed by atoms with Gasteiger partial charge in [-0.2, -0.15) is 0 Å². The van der Waals surface area contributed by atoms with Crippen LogP contribution in [0, 0.1) is 0 Å². The van der Waals surface area contributed by atoms with Gasteiger partial charge in [-0.05, 0) is 102 Å². The van der Waals surface area contributed by atoms with E-state index >= 15 is 0 Å². The minimum absolute atomic E-state index is 0.0521. The zero-order chi connectivity index (χ0) is 25.4. The van der Waals surface area contributed by atoms with Crippen LogP contribution in [0.4, 0.5) is 0 Å². The van der Waals surface area contributed by atoms with Crippen LogP contribution >= 0.6 is 0 Å². The highest BCUT2D eigenvalue weighted by Crippen LogP contribution is 2.42. The van der Waals surface area contributed by atoms with Crippen LogP contribution in [0.3, 0.4) is 0 Å². The van der Waals surface area contributed by atoms with E-state index in [1.807, 2.05) is 0 Å². The van der Waals surface area contributed by atoms with Crippen LogP contribution in [-0.2, 0) is 12.8 Å². The molecule has 6 aromatic carbocycles. The van der Waals surface area contributed by atoms with E-state index in [4.69, 9.17) is 5.73 Å². The third-order valence-electron chi connectivity index (χ3n) is 9.04. The van der Waals surface area contributed by atoms with Crippen LogP contribution in [0.1, 0.15) is 52.3 Å².